The second-order valence-corrected chi connectivity index (χ2v) is 8.00. The summed E-state index contributed by atoms with van der Waals surface area (Å²) in [5.41, 5.74) is 0.584. The minimum atomic E-state index is -0.442. The van der Waals surface area contributed by atoms with E-state index in [9.17, 15) is 14.4 Å². The highest BCUT2D eigenvalue weighted by Crippen LogP contribution is 2.32. The Morgan fingerprint density at radius 3 is 2.09 bits per heavy atom. The van der Waals surface area contributed by atoms with E-state index >= 15 is 0 Å². The first-order chi connectivity index (χ1) is 16.0. The van der Waals surface area contributed by atoms with Crippen LogP contribution >= 0.6 is 0 Å². The molecule has 1 heterocycles. The fourth-order valence-corrected chi connectivity index (χ4v) is 3.51. The molecule has 1 aromatic heterocycles. The average molecular weight is 451 g/mol. The number of fused-ring (bicyclic) bond motifs is 1. The molecule has 3 aromatic rings. The molecule has 0 amide bonds. The number of carbonyl (C=O) groups excluding carboxylic acids is 2. The maximum atomic E-state index is 13.0. The molecular weight excluding hydrogens is 420 g/mol. The van der Waals surface area contributed by atoms with Crippen molar-refractivity contribution in [2.75, 3.05) is 0 Å². The van der Waals surface area contributed by atoms with Crippen molar-refractivity contribution in [3.8, 4) is 22.8 Å². The van der Waals surface area contributed by atoms with Crippen LogP contribution in [0.4, 0.5) is 0 Å². The van der Waals surface area contributed by atoms with Crippen molar-refractivity contribution in [2.24, 2.45) is 0 Å². The van der Waals surface area contributed by atoms with Crippen LogP contribution in [0.2, 0.25) is 0 Å². The molecular formula is C27H30O6. The van der Waals surface area contributed by atoms with E-state index < -0.39 is 5.97 Å². The van der Waals surface area contributed by atoms with Crippen molar-refractivity contribution < 1.29 is 23.5 Å². The number of hydrogen-bond donors (Lipinski definition) is 0. The van der Waals surface area contributed by atoms with Gasteiger partial charge in [-0.05, 0) is 12.8 Å². The Hall–Kier alpha value is -3.41. The Kier molecular flexibility index (Phi) is 8.81. The van der Waals surface area contributed by atoms with Gasteiger partial charge in [0.15, 0.2) is 5.43 Å². The maximum absolute atomic E-state index is 13.0. The van der Waals surface area contributed by atoms with Crippen LogP contribution < -0.4 is 14.9 Å². The predicted octanol–water partition coefficient (Wildman–Crippen LogP) is 6.43. The Balaban J connectivity index is 1.99. The van der Waals surface area contributed by atoms with Crippen LogP contribution in [0, 0.1) is 0 Å². The largest absolute Gasteiger partial charge is 0.456 e. The van der Waals surface area contributed by atoms with Gasteiger partial charge in [0.25, 0.3) is 0 Å². The number of benzene rings is 2. The fraction of sp³-hybridized carbons (Fsp3) is 0.370. The Morgan fingerprint density at radius 2 is 1.45 bits per heavy atom. The van der Waals surface area contributed by atoms with Crippen LogP contribution in [0.5, 0.6) is 11.5 Å². The minimum Gasteiger partial charge on any atom is -0.456 e. The number of rotatable bonds is 11. The van der Waals surface area contributed by atoms with Crippen molar-refractivity contribution in [3.63, 3.8) is 0 Å². The summed E-state index contributed by atoms with van der Waals surface area (Å²) in [7, 11) is 0. The molecule has 0 aliphatic carbocycles. The van der Waals surface area contributed by atoms with Gasteiger partial charge in [0, 0.05) is 36.6 Å². The molecule has 0 aliphatic heterocycles. The van der Waals surface area contributed by atoms with Gasteiger partial charge in [-0.2, -0.15) is 0 Å². The summed E-state index contributed by atoms with van der Waals surface area (Å²) in [6.07, 6.45) is 5.77. The van der Waals surface area contributed by atoms with E-state index in [0.717, 1.165) is 37.7 Å². The highest BCUT2D eigenvalue weighted by molar-refractivity contribution is 5.89. The van der Waals surface area contributed by atoms with Gasteiger partial charge in [0.1, 0.15) is 28.2 Å². The summed E-state index contributed by atoms with van der Waals surface area (Å²) < 4.78 is 17.0. The van der Waals surface area contributed by atoms with Gasteiger partial charge in [-0.3, -0.25) is 14.4 Å². The van der Waals surface area contributed by atoms with Crippen LogP contribution in [0.3, 0.4) is 0 Å². The van der Waals surface area contributed by atoms with Crippen LogP contribution in [-0.2, 0) is 9.59 Å². The van der Waals surface area contributed by atoms with E-state index in [1.165, 1.54) is 18.2 Å². The van der Waals surface area contributed by atoms with Crippen LogP contribution in [0.25, 0.3) is 22.3 Å². The first-order valence-electron chi connectivity index (χ1n) is 11.6. The Bertz CT molecular complexity index is 1150. The number of ether oxygens (including phenoxy) is 2. The SMILES string of the molecule is CCCCCC(=O)Oc1cc(OC(=O)CCCCC)c2c(=O)cc(-c3ccccc3)oc2c1. The summed E-state index contributed by atoms with van der Waals surface area (Å²) in [4.78, 5) is 37.6. The molecule has 0 spiro atoms. The molecule has 6 nitrogen and oxygen atoms in total. The van der Waals surface area contributed by atoms with E-state index in [1.54, 1.807) is 0 Å². The summed E-state index contributed by atoms with van der Waals surface area (Å²) in [6, 6.07) is 13.5. The van der Waals surface area contributed by atoms with E-state index in [0.29, 0.717) is 12.2 Å². The zero-order chi connectivity index (χ0) is 23.6. The van der Waals surface area contributed by atoms with Crippen molar-refractivity contribution >= 4 is 22.9 Å². The number of carbonyl (C=O) groups is 2. The van der Waals surface area contributed by atoms with Gasteiger partial charge < -0.3 is 13.9 Å². The van der Waals surface area contributed by atoms with Gasteiger partial charge in [0.2, 0.25) is 0 Å². The van der Waals surface area contributed by atoms with Crippen LogP contribution in [-0.4, -0.2) is 11.9 Å². The predicted molar refractivity (Wildman–Crippen MR) is 127 cm³/mol. The van der Waals surface area contributed by atoms with E-state index in [-0.39, 0.29) is 46.7 Å². The third-order valence-corrected chi connectivity index (χ3v) is 5.25. The van der Waals surface area contributed by atoms with Gasteiger partial charge in [-0.1, -0.05) is 69.9 Å². The van der Waals surface area contributed by atoms with E-state index in [4.69, 9.17) is 13.9 Å². The minimum absolute atomic E-state index is 0.0405. The maximum Gasteiger partial charge on any atom is 0.311 e. The average Bonchev–Trinajstić information content (AvgIpc) is 2.79. The molecule has 0 fully saturated rings. The third-order valence-electron chi connectivity index (χ3n) is 5.25. The molecule has 0 bridgehead atoms. The summed E-state index contributed by atoms with van der Waals surface area (Å²) >= 11 is 0. The van der Waals surface area contributed by atoms with Gasteiger partial charge in [0.05, 0.1) is 0 Å². The molecule has 0 N–H and O–H groups in total. The highest BCUT2D eigenvalue weighted by atomic mass is 16.5. The lowest BCUT2D eigenvalue weighted by Crippen LogP contribution is -2.12. The normalized spacial score (nSPS) is 10.8. The first-order valence-corrected chi connectivity index (χ1v) is 11.6. The monoisotopic (exact) mass is 450 g/mol. The Morgan fingerprint density at radius 1 is 0.818 bits per heavy atom. The Labute approximate surface area is 193 Å². The molecule has 174 valence electrons. The lowest BCUT2D eigenvalue weighted by atomic mass is 10.1. The lowest BCUT2D eigenvalue weighted by molar-refractivity contribution is -0.134. The van der Waals surface area contributed by atoms with Crippen molar-refractivity contribution in [1.29, 1.82) is 0 Å². The molecule has 3 rings (SSSR count). The molecule has 0 unspecified atom stereocenters. The summed E-state index contributed by atoms with van der Waals surface area (Å²) in [5, 5.41) is 0.143. The second kappa shape index (κ2) is 12.0. The zero-order valence-corrected chi connectivity index (χ0v) is 19.2. The van der Waals surface area contributed by atoms with Crippen LogP contribution in [0.1, 0.15) is 65.2 Å². The summed E-state index contributed by atoms with van der Waals surface area (Å²) in [6.45, 7) is 4.11. The topological polar surface area (TPSA) is 82.8 Å². The summed E-state index contributed by atoms with van der Waals surface area (Å²) in [5.74, 6) is -0.237. The number of hydrogen-bond acceptors (Lipinski definition) is 6. The van der Waals surface area contributed by atoms with E-state index in [1.807, 2.05) is 37.3 Å². The van der Waals surface area contributed by atoms with Gasteiger partial charge >= 0.3 is 11.9 Å². The van der Waals surface area contributed by atoms with Gasteiger partial charge in [-0.15, -0.1) is 0 Å². The highest BCUT2D eigenvalue weighted by Gasteiger charge is 2.18. The molecule has 2 aromatic carbocycles. The van der Waals surface area contributed by atoms with Crippen molar-refractivity contribution in [3.05, 3.63) is 58.8 Å². The quantitative estimate of drug-likeness (QED) is 0.190. The standard InChI is InChI=1S/C27H30O6/c1-3-5-8-14-25(29)31-20-16-23-27(24(17-20)33-26(30)15-9-6-4-2)21(28)18-22(32-23)19-12-10-7-11-13-19/h7,10-13,16-18H,3-6,8-9,14-15H2,1-2H3. The molecule has 0 radical (unpaired) electrons. The molecule has 0 saturated carbocycles. The lowest BCUT2D eigenvalue weighted by Gasteiger charge is -2.11. The molecule has 6 heteroatoms. The van der Waals surface area contributed by atoms with Gasteiger partial charge in [-0.25, -0.2) is 0 Å². The molecule has 0 saturated heterocycles. The fourth-order valence-electron chi connectivity index (χ4n) is 3.51. The number of esters is 2. The number of unbranched alkanes of at least 4 members (excludes halogenated alkanes) is 4. The molecule has 0 aliphatic rings. The van der Waals surface area contributed by atoms with Crippen molar-refractivity contribution in [1.82, 2.24) is 0 Å². The third kappa shape index (κ3) is 6.78. The first kappa shape index (κ1) is 24.2. The smallest absolute Gasteiger partial charge is 0.311 e. The van der Waals surface area contributed by atoms with E-state index in [2.05, 4.69) is 6.92 Å². The van der Waals surface area contributed by atoms with Crippen molar-refractivity contribution in [2.45, 2.75) is 65.2 Å². The molecule has 0 atom stereocenters. The second-order valence-electron chi connectivity index (χ2n) is 8.00. The zero-order valence-electron chi connectivity index (χ0n) is 19.2. The van der Waals surface area contributed by atoms with Crippen LogP contribution in [0.15, 0.2) is 57.7 Å². The molecule has 33 heavy (non-hydrogen) atoms.